The molecule has 0 spiro atoms. The van der Waals surface area contributed by atoms with Crippen molar-refractivity contribution in [2.75, 3.05) is 6.54 Å². The van der Waals surface area contributed by atoms with E-state index in [0.717, 1.165) is 11.8 Å². The molecule has 0 fully saturated rings. The Morgan fingerprint density at radius 1 is 1.15 bits per heavy atom. The average Bonchev–Trinajstić information content (AvgIpc) is 2.66. The quantitative estimate of drug-likeness (QED) is 0.778. The lowest BCUT2D eigenvalue weighted by molar-refractivity contribution is 0.241. The second-order valence-electron chi connectivity index (χ2n) is 6.18. The van der Waals surface area contributed by atoms with Crippen molar-refractivity contribution in [2.45, 2.75) is 19.5 Å². The number of aromatic amines is 1. The molecule has 0 saturated carbocycles. The number of aromatic nitrogens is 4. The summed E-state index contributed by atoms with van der Waals surface area (Å²) < 4.78 is 26.4. The first-order valence-electron chi connectivity index (χ1n) is 8.14. The molecule has 4 rings (SSSR count). The van der Waals surface area contributed by atoms with E-state index in [2.05, 4.69) is 19.9 Å². The predicted octanol–water partition coefficient (Wildman–Crippen LogP) is 2.06. The minimum atomic E-state index is -0.867. The van der Waals surface area contributed by atoms with Crippen LogP contribution in [0.5, 0.6) is 0 Å². The van der Waals surface area contributed by atoms with Gasteiger partial charge < -0.3 is 4.98 Å². The van der Waals surface area contributed by atoms with E-state index in [1.54, 1.807) is 18.5 Å². The summed E-state index contributed by atoms with van der Waals surface area (Å²) in [6.07, 6.45) is 5.20. The average molecular weight is 355 g/mol. The van der Waals surface area contributed by atoms with Crippen LogP contribution in [0.3, 0.4) is 0 Å². The van der Waals surface area contributed by atoms with E-state index in [4.69, 9.17) is 0 Å². The van der Waals surface area contributed by atoms with Crippen molar-refractivity contribution in [1.29, 1.82) is 0 Å². The van der Waals surface area contributed by atoms with Crippen LogP contribution in [0.2, 0.25) is 0 Å². The molecule has 2 aromatic heterocycles. The molecule has 0 unspecified atom stereocenters. The number of nitrogens with zero attached hydrogens (tertiary/aromatic N) is 4. The van der Waals surface area contributed by atoms with Gasteiger partial charge in [-0.1, -0.05) is 6.07 Å². The molecule has 0 atom stereocenters. The van der Waals surface area contributed by atoms with Crippen LogP contribution in [0.4, 0.5) is 8.78 Å². The maximum absolute atomic E-state index is 13.4. The molecule has 1 N–H and O–H groups in total. The normalized spacial score (nSPS) is 14.2. The van der Waals surface area contributed by atoms with E-state index in [1.807, 2.05) is 4.90 Å². The third-order valence-electron chi connectivity index (χ3n) is 4.37. The van der Waals surface area contributed by atoms with Crippen LogP contribution in [-0.2, 0) is 19.5 Å². The predicted molar refractivity (Wildman–Crippen MR) is 90.1 cm³/mol. The van der Waals surface area contributed by atoms with Crippen LogP contribution in [0, 0.1) is 11.6 Å². The molecule has 3 aromatic rings. The van der Waals surface area contributed by atoms with E-state index >= 15 is 0 Å². The van der Waals surface area contributed by atoms with E-state index in [1.165, 1.54) is 12.4 Å². The fraction of sp³-hybridized carbons (Fsp3) is 0.222. The molecule has 1 aliphatic heterocycles. The van der Waals surface area contributed by atoms with Crippen LogP contribution >= 0.6 is 0 Å². The first kappa shape index (κ1) is 16.5. The van der Waals surface area contributed by atoms with Gasteiger partial charge in [-0.3, -0.25) is 9.69 Å². The van der Waals surface area contributed by atoms with Crippen molar-refractivity contribution in [1.82, 2.24) is 24.8 Å². The summed E-state index contributed by atoms with van der Waals surface area (Å²) >= 11 is 0. The highest BCUT2D eigenvalue weighted by molar-refractivity contribution is 5.52. The van der Waals surface area contributed by atoms with Crippen LogP contribution in [-0.4, -0.2) is 31.4 Å². The summed E-state index contributed by atoms with van der Waals surface area (Å²) in [5, 5.41) is 0. The molecule has 132 valence electrons. The summed E-state index contributed by atoms with van der Waals surface area (Å²) in [4.78, 5) is 29.7. The van der Waals surface area contributed by atoms with Gasteiger partial charge in [0, 0.05) is 38.4 Å². The largest absolute Gasteiger partial charge is 0.306 e. The van der Waals surface area contributed by atoms with Crippen molar-refractivity contribution in [3.63, 3.8) is 0 Å². The molecule has 0 bridgehead atoms. The SMILES string of the molecule is O=c1[nH]c(-c2cncnc2)nc2c1CN(Cc1ccc(F)c(F)c1)CC2. The molecule has 6 nitrogen and oxygen atoms in total. The van der Waals surface area contributed by atoms with Gasteiger partial charge in [-0.15, -0.1) is 0 Å². The number of nitrogens with one attached hydrogen (secondary N) is 1. The van der Waals surface area contributed by atoms with Gasteiger partial charge in [0.15, 0.2) is 11.6 Å². The number of fused-ring (bicyclic) bond motifs is 1. The Bertz CT molecular complexity index is 1010. The molecule has 26 heavy (non-hydrogen) atoms. The molecule has 1 aromatic carbocycles. The van der Waals surface area contributed by atoms with E-state index in [-0.39, 0.29) is 5.56 Å². The van der Waals surface area contributed by atoms with E-state index in [0.29, 0.717) is 48.6 Å². The lowest BCUT2D eigenvalue weighted by Crippen LogP contribution is -2.35. The smallest absolute Gasteiger partial charge is 0.255 e. The van der Waals surface area contributed by atoms with Crippen molar-refractivity contribution in [3.05, 3.63) is 75.7 Å². The number of H-pyrrole nitrogens is 1. The van der Waals surface area contributed by atoms with Crippen LogP contribution in [0.25, 0.3) is 11.4 Å². The highest BCUT2D eigenvalue weighted by atomic mass is 19.2. The molecule has 0 amide bonds. The minimum Gasteiger partial charge on any atom is -0.306 e. The monoisotopic (exact) mass is 355 g/mol. The zero-order valence-corrected chi connectivity index (χ0v) is 13.7. The topological polar surface area (TPSA) is 74.8 Å². The Morgan fingerprint density at radius 3 is 2.73 bits per heavy atom. The molecule has 1 aliphatic rings. The number of benzene rings is 1. The lowest BCUT2D eigenvalue weighted by Gasteiger charge is -2.27. The maximum Gasteiger partial charge on any atom is 0.255 e. The zero-order chi connectivity index (χ0) is 18.1. The molecular formula is C18H15F2N5O. The molecule has 3 heterocycles. The standard InChI is InChI=1S/C18H15F2N5O/c19-14-2-1-11(5-15(14)20)8-25-4-3-16-13(9-25)18(26)24-17(23-16)12-6-21-10-22-7-12/h1-2,5-7,10H,3-4,8-9H2,(H,23,24,26). The summed E-state index contributed by atoms with van der Waals surface area (Å²) in [6, 6.07) is 3.85. The lowest BCUT2D eigenvalue weighted by atomic mass is 10.1. The molecule has 0 saturated heterocycles. The first-order valence-corrected chi connectivity index (χ1v) is 8.14. The number of hydrogen-bond acceptors (Lipinski definition) is 5. The Balaban J connectivity index is 1.57. The van der Waals surface area contributed by atoms with Crippen molar-refractivity contribution in [2.24, 2.45) is 0 Å². The van der Waals surface area contributed by atoms with Crippen molar-refractivity contribution in [3.8, 4) is 11.4 Å². The second kappa shape index (κ2) is 6.72. The number of rotatable bonds is 3. The number of halogens is 2. The first-order chi connectivity index (χ1) is 12.6. The van der Waals surface area contributed by atoms with Crippen molar-refractivity contribution < 1.29 is 8.78 Å². The van der Waals surface area contributed by atoms with Gasteiger partial charge in [0.05, 0.1) is 16.8 Å². The van der Waals surface area contributed by atoms with Gasteiger partial charge in [0.25, 0.3) is 5.56 Å². The Kier molecular flexibility index (Phi) is 4.26. The van der Waals surface area contributed by atoms with Gasteiger partial charge in [0.1, 0.15) is 12.2 Å². The summed E-state index contributed by atoms with van der Waals surface area (Å²) in [7, 11) is 0. The fourth-order valence-corrected chi connectivity index (χ4v) is 3.07. The fourth-order valence-electron chi connectivity index (χ4n) is 3.07. The minimum absolute atomic E-state index is 0.205. The zero-order valence-electron chi connectivity index (χ0n) is 13.7. The van der Waals surface area contributed by atoms with Gasteiger partial charge in [-0.2, -0.15) is 0 Å². The third-order valence-corrected chi connectivity index (χ3v) is 4.37. The van der Waals surface area contributed by atoms with Crippen LogP contribution in [0.1, 0.15) is 16.8 Å². The second-order valence-corrected chi connectivity index (χ2v) is 6.18. The Morgan fingerprint density at radius 2 is 1.96 bits per heavy atom. The highest BCUT2D eigenvalue weighted by Crippen LogP contribution is 2.20. The third kappa shape index (κ3) is 3.23. The van der Waals surface area contributed by atoms with Crippen molar-refractivity contribution >= 4 is 0 Å². The van der Waals surface area contributed by atoms with Gasteiger partial charge in [-0.05, 0) is 17.7 Å². The molecule has 0 aliphatic carbocycles. The summed E-state index contributed by atoms with van der Waals surface area (Å²) in [5.41, 5.74) is 2.45. The van der Waals surface area contributed by atoms with Crippen LogP contribution < -0.4 is 5.56 Å². The molecular weight excluding hydrogens is 340 g/mol. The summed E-state index contributed by atoms with van der Waals surface area (Å²) in [5.74, 6) is -1.28. The molecule has 8 heteroatoms. The highest BCUT2D eigenvalue weighted by Gasteiger charge is 2.22. The van der Waals surface area contributed by atoms with Gasteiger partial charge in [0.2, 0.25) is 0 Å². The van der Waals surface area contributed by atoms with E-state index < -0.39 is 11.6 Å². The van der Waals surface area contributed by atoms with Crippen LogP contribution in [0.15, 0.2) is 41.7 Å². The maximum atomic E-state index is 13.4. The Labute approximate surface area is 147 Å². The van der Waals surface area contributed by atoms with E-state index in [9.17, 15) is 13.6 Å². The molecule has 0 radical (unpaired) electrons. The van der Waals surface area contributed by atoms with Gasteiger partial charge in [-0.25, -0.2) is 23.7 Å². The van der Waals surface area contributed by atoms with Gasteiger partial charge >= 0.3 is 0 Å². The number of hydrogen-bond donors (Lipinski definition) is 1. The summed E-state index contributed by atoms with van der Waals surface area (Å²) in [6.45, 7) is 1.51. The Hall–Kier alpha value is -3.00.